The third-order valence-corrected chi connectivity index (χ3v) is 4.05. The van der Waals surface area contributed by atoms with E-state index in [2.05, 4.69) is 78.5 Å². The molecule has 3 rings (SSSR count). The van der Waals surface area contributed by atoms with Crippen molar-refractivity contribution in [2.24, 2.45) is 0 Å². The largest absolute Gasteiger partial charge is 0.343 e. The van der Waals surface area contributed by atoms with Crippen molar-refractivity contribution in [3.63, 3.8) is 0 Å². The van der Waals surface area contributed by atoms with E-state index in [1.807, 2.05) is 0 Å². The van der Waals surface area contributed by atoms with Crippen molar-refractivity contribution in [2.75, 3.05) is 6.54 Å². The molecule has 0 bridgehead atoms. The average molecular weight is 292 g/mol. The Balaban J connectivity index is 1.92. The highest BCUT2D eigenvalue weighted by Gasteiger charge is 2.08. The SMILES string of the molecule is CCCNCc1cn(Cc2cccc(C)c2)c2ccccc12. The molecule has 0 spiro atoms. The molecule has 0 aliphatic heterocycles. The van der Waals surface area contributed by atoms with Crippen LogP contribution in [-0.4, -0.2) is 11.1 Å². The minimum atomic E-state index is 0.927. The summed E-state index contributed by atoms with van der Waals surface area (Å²) in [6.07, 6.45) is 3.47. The van der Waals surface area contributed by atoms with Gasteiger partial charge in [-0.25, -0.2) is 0 Å². The van der Waals surface area contributed by atoms with Crippen LogP contribution in [0.4, 0.5) is 0 Å². The van der Waals surface area contributed by atoms with E-state index in [1.165, 1.54) is 34.0 Å². The molecular weight excluding hydrogens is 268 g/mol. The van der Waals surface area contributed by atoms with Gasteiger partial charge in [0.25, 0.3) is 0 Å². The fourth-order valence-electron chi connectivity index (χ4n) is 3.00. The zero-order valence-corrected chi connectivity index (χ0v) is 13.5. The van der Waals surface area contributed by atoms with Gasteiger partial charge in [-0.15, -0.1) is 0 Å². The summed E-state index contributed by atoms with van der Waals surface area (Å²) >= 11 is 0. The quantitative estimate of drug-likeness (QED) is 0.662. The number of aryl methyl sites for hydroxylation is 1. The van der Waals surface area contributed by atoms with Crippen molar-refractivity contribution in [3.8, 4) is 0 Å². The Morgan fingerprint density at radius 2 is 1.91 bits per heavy atom. The molecule has 3 aromatic rings. The molecule has 0 fully saturated rings. The van der Waals surface area contributed by atoms with Crippen LogP contribution in [0.2, 0.25) is 0 Å². The maximum absolute atomic E-state index is 3.52. The highest BCUT2D eigenvalue weighted by atomic mass is 15.0. The third-order valence-electron chi connectivity index (χ3n) is 4.05. The van der Waals surface area contributed by atoms with Crippen LogP contribution < -0.4 is 5.32 Å². The molecule has 0 radical (unpaired) electrons. The zero-order valence-electron chi connectivity index (χ0n) is 13.5. The molecule has 0 amide bonds. The van der Waals surface area contributed by atoms with Gasteiger partial charge in [-0.3, -0.25) is 0 Å². The number of nitrogens with one attached hydrogen (secondary N) is 1. The predicted molar refractivity (Wildman–Crippen MR) is 94.2 cm³/mol. The Morgan fingerprint density at radius 3 is 2.73 bits per heavy atom. The van der Waals surface area contributed by atoms with Crippen LogP contribution in [0.25, 0.3) is 10.9 Å². The molecule has 0 saturated carbocycles. The molecule has 22 heavy (non-hydrogen) atoms. The number of nitrogens with zero attached hydrogens (tertiary/aromatic N) is 1. The molecule has 0 atom stereocenters. The van der Waals surface area contributed by atoms with E-state index in [1.54, 1.807) is 0 Å². The van der Waals surface area contributed by atoms with Gasteiger partial charge < -0.3 is 9.88 Å². The Kier molecular flexibility index (Phi) is 4.59. The fourth-order valence-corrected chi connectivity index (χ4v) is 3.00. The van der Waals surface area contributed by atoms with E-state index >= 15 is 0 Å². The van der Waals surface area contributed by atoms with Gasteiger partial charge in [-0.2, -0.15) is 0 Å². The summed E-state index contributed by atoms with van der Waals surface area (Å²) in [6, 6.07) is 17.5. The molecule has 1 aromatic heterocycles. The number of aromatic nitrogens is 1. The van der Waals surface area contributed by atoms with Gasteiger partial charge in [0.1, 0.15) is 0 Å². The van der Waals surface area contributed by atoms with E-state index in [4.69, 9.17) is 0 Å². The van der Waals surface area contributed by atoms with E-state index in [9.17, 15) is 0 Å². The van der Waals surface area contributed by atoms with E-state index < -0.39 is 0 Å². The third kappa shape index (κ3) is 3.23. The second-order valence-corrected chi connectivity index (χ2v) is 5.97. The Labute approximate surface area is 132 Å². The van der Waals surface area contributed by atoms with Crippen LogP contribution in [0.5, 0.6) is 0 Å². The summed E-state index contributed by atoms with van der Waals surface area (Å²) in [5.74, 6) is 0. The number of rotatable bonds is 6. The summed E-state index contributed by atoms with van der Waals surface area (Å²) in [6.45, 7) is 7.29. The molecule has 0 saturated heterocycles. The van der Waals surface area contributed by atoms with E-state index in [-0.39, 0.29) is 0 Å². The first-order valence-electron chi connectivity index (χ1n) is 8.11. The number of hydrogen-bond acceptors (Lipinski definition) is 1. The molecule has 2 heteroatoms. The lowest BCUT2D eigenvalue weighted by Gasteiger charge is -2.06. The number of fused-ring (bicyclic) bond motifs is 1. The topological polar surface area (TPSA) is 17.0 Å². The van der Waals surface area contributed by atoms with Crippen molar-refractivity contribution in [3.05, 3.63) is 71.4 Å². The Hall–Kier alpha value is -2.06. The highest BCUT2D eigenvalue weighted by Crippen LogP contribution is 2.22. The molecule has 0 aliphatic carbocycles. The summed E-state index contributed by atoms with van der Waals surface area (Å²) < 4.78 is 2.37. The van der Waals surface area contributed by atoms with E-state index in [0.29, 0.717) is 0 Å². The van der Waals surface area contributed by atoms with Gasteiger partial charge in [0.15, 0.2) is 0 Å². The zero-order chi connectivity index (χ0) is 15.4. The summed E-state index contributed by atoms with van der Waals surface area (Å²) in [4.78, 5) is 0. The highest BCUT2D eigenvalue weighted by molar-refractivity contribution is 5.84. The summed E-state index contributed by atoms with van der Waals surface area (Å²) in [5, 5.41) is 4.88. The van der Waals surface area contributed by atoms with Crippen LogP contribution >= 0.6 is 0 Å². The maximum Gasteiger partial charge on any atom is 0.0486 e. The van der Waals surface area contributed by atoms with Crippen molar-refractivity contribution >= 4 is 10.9 Å². The average Bonchev–Trinajstić information content (AvgIpc) is 2.86. The van der Waals surface area contributed by atoms with Gasteiger partial charge in [0.2, 0.25) is 0 Å². The van der Waals surface area contributed by atoms with Gasteiger partial charge in [-0.05, 0) is 37.1 Å². The molecule has 0 unspecified atom stereocenters. The lowest BCUT2D eigenvalue weighted by Crippen LogP contribution is -2.13. The fraction of sp³-hybridized carbons (Fsp3) is 0.300. The van der Waals surface area contributed by atoms with Crippen molar-refractivity contribution in [2.45, 2.75) is 33.4 Å². The second-order valence-electron chi connectivity index (χ2n) is 5.97. The van der Waals surface area contributed by atoms with Crippen LogP contribution in [0.15, 0.2) is 54.7 Å². The van der Waals surface area contributed by atoms with Crippen molar-refractivity contribution < 1.29 is 0 Å². The van der Waals surface area contributed by atoms with Crippen LogP contribution in [-0.2, 0) is 13.1 Å². The number of para-hydroxylation sites is 1. The van der Waals surface area contributed by atoms with Gasteiger partial charge in [-0.1, -0.05) is 55.0 Å². The summed E-state index contributed by atoms with van der Waals surface area (Å²) in [5.41, 5.74) is 5.38. The molecule has 2 aromatic carbocycles. The second kappa shape index (κ2) is 6.80. The van der Waals surface area contributed by atoms with Crippen LogP contribution in [0, 0.1) is 6.92 Å². The molecule has 1 heterocycles. The van der Waals surface area contributed by atoms with E-state index in [0.717, 1.165) is 19.6 Å². The minimum Gasteiger partial charge on any atom is -0.343 e. The molecule has 2 nitrogen and oxygen atoms in total. The first kappa shape index (κ1) is 14.9. The summed E-state index contributed by atoms with van der Waals surface area (Å²) in [7, 11) is 0. The van der Waals surface area contributed by atoms with Gasteiger partial charge in [0.05, 0.1) is 0 Å². The van der Waals surface area contributed by atoms with Crippen molar-refractivity contribution in [1.29, 1.82) is 0 Å². The number of benzene rings is 2. The molecular formula is C20H24N2. The first-order valence-corrected chi connectivity index (χ1v) is 8.11. The first-order chi connectivity index (χ1) is 10.8. The lowest BCUT2D eigenvalue weighted by atomic mass is 10.1. The van der Waals surface area contributed by atoms with Gasteiger partial charge >= 0.3 is 0 Å². The Morgan fingerprint density at radius 1 is 1.05 bits per heavy atom. The monoisotopic (exact) mass is 292 g/mol. The minimum absolute atomic E-state index is 0.927. The van der Waals surface area contributed by atoms with Crippen molar-refractivity contribution in [1.82, 2.24) is 9.88 Å². The normalized spacial score (nSPS) is 11.2. The lowest BCUT2D eigenvalue weighted by molar-refractivity contribution is 0.675. The number of hydrogen-bond donors (Lipinski definition) is 1. The maximum atomic E-state index is 3.52. The molecule has 114 valence electrons. The molecule has 1 N–H and O–H groups in total. The van der Waals surface area contributed by atoms with Gasteiger partial charge in [0, 0.05) is 30.2 Å². The smallest absolute Gasteiger partial charge is 0.0486 e. The van der Waals surface area contributed by atoms with Crippen LogP contribution in [0.1, 0.15) is 30.0 Å². The van der Waals surface area contributed by atoms with Crippen LogP contribution in [0.3, 0.4) is 0 Å². The predicted octanol–water partition coefficient (Wildman–Crippen LogP) is 4.50. The Bertz CT molecular complexity index is 755. The standard InChI is InChI=1S/C20H24N2/c1-3-11-21-13-18-15-22(20-10-5-4-9-19(18)20)14-17-8-6-7-16(2)12-17/h4-10,12,15,21H,3,11,13-14H2,1-2H3. The molecule has 0 aliphatic rings.